The van der Waals surface area contributed by atoms with Crippen LogP contribution in [0.3, 0.4) is 0 Å². The van der Waals surface area contributed by atoms with Gasteiger partial charge in [-0.2, -0.15) is 5.26 Å². The van der Waals surface area contributed by atoms with Crippen LogP contribution >= 0.6 is 25.3 Å². The van der Waals surface area contributed by atoms with Crippen LogP contribution in [0.15, 0.2) is 35.2 Å². The quantitative estimate of drug-likeness (QED) is 0.520. The first-order valence-corrected chi connectivity index (χ1v) is 4.23. The van der Waals surface area contributed by atoms with Gasteiger partial charge in [-0.3, -0.25) is 0 Å². The number of hydrogen-bond donors (Lipinski definition) is 2. The lowest BCUT2D eigenvalue weighted by molar-refractivity contribution is 1.53. The zero-order valence-electron chi connectivity index (χ0n) is 6.23. The maximum atomic E-state index is 8.53. The van der Waals surface area contributed by atoms with Gasteiger partial charge in [-0.1, -0.05) is 30.3 Å². The Bertz CT molecular complexity index is 335. The zero-order chi connectivity index (χ0) is 8.97. The Morgan fingerprint density at radius 3 is 2.25 bits per heavy atom. The SMILES string of the molecule is N#C/C(S)=C(\S)c1ccccc1. The van der Waals surface area contributed by atoms with E-state index in [1.165, 1.54) is 0 Å². The van der Waals surface area contributed by atoms with Crippen molar-refractivity contribution in [2.45, 2.75) is 0 Å². The molecule has 0 fully saturated rings. The van der Waals surface area contributed by atoms with Crippen molar-refractivity contribution >= 4 is 30.2 Å². The molecule has 0 aromatic heterocycles. The Hall–Kier alpha value is -0.850. The zero-order valence-corrected chi connectivity index (χ0v) is 8.02. The largest absolute Gasteiger partial charge is 0.192 e. The summed E-state index contributed by atoms with van der Waals surface area (Å²) in [4.78, 5) is 0.950. The lowest BCUT2D eigenvalue weighted by atomic mass is 10.2. The summed E-state index contributed by atoms with van der Waals surface area (Å²) in [5.41, 5.74) is 0.910. The molecular formula is C9H7NS2. The van der Waals surface area contributed by atoms with Crippen LogP contribution in [0.1, 0.15) is 5.56 Å². The molecule has 0 saturated heterocycles. The molecule has 12 heavy (non-hydrogen) atoms. The van der Waals surface area contributed by atoms with Gasteiger partial charge >= 0.3 is 0 Å². The maximum absolute atomic E-state index is 8.53. The predicted octanol–water partition coefficient (Wildman–Crippen LogP) is 2.74. The molecule has 0 amide bonds. The van der Waals surface area contributed by atoms with Crippen LogP contribution in [0.2, 0.25) is 0 Å². The summed E-state index contributed by atoms with van der Waals surface area (Å²) in [6, 6.07) is 11.4. The summed E-state index contributed by atoms with van der Waals surface area (Å²) in [7, 11) is 0. The Kier molecular flexibility index (Phi) is 3.27. The van der Waals surface area contributed by atoms with Gasteiger partial charge in [-0.25, -0.2) is 0 Å². The molecule has 0 N–H and O–H groups in total. The van der Waals surface area contributed by atoms with Crippen molar-refractivity contribution in [2.24, 2.45) is 0 Å². The van der Waals surface area contributed by atoms with E-state index in [0.717, 1.165) is 5.56 Å². The van der Waals surface area contributed by atoms with Gasteiger partial charge in [-0.05, 0) is 5.56 Å². The minimum absolute atomic E-state index is 0.338. The molecule has 0 aliphatic rings. The van der Waals surface area contributed by atoms with E-state index >= 15 is 0 Å². The summed E-state index contributed by atoms with van der Waals surface area (Å²) in [6.45, 7) is 0. The highest BCUT2D eigenvalue weighted by molar-refractivity contribution is 7.93. The molecule has 0 aliphatic heterocycles. The van der Waals surface area contributed by atoms with E-state index in [4.69, 9.17) is 5.26 Å². The first-order valence-electron chi connectivity index (χ1n) is 3.33. The van der Waals surface area contributed by atoms with Crippen molar-refractivity contribution in [1.82, 2.24) is 0 Å². The molecule has 0 saturated carbocycles. The van der Waals surface area contributed by atoms with Crippen LogP contribution in [-0.2, 0) is 0 Å². The number of thiol groups is 2. The van der Waals surface area contributed by atoms with Gasteiger partial charge in [-0.15, -0.1) is 25.3 Å². The second-order valence-electron chi connectivity index (χ2n) is 2.18. The number of allylic oxidation sites excluding steroid dienone is 1. The van der Waals surface area contributed by atoms with Crippen LogP contribution in [0.4, 0.5) is 0 Å². The van der Waals surface area contributed by atoms with Crippen molar-refractivity contribution in [3.63, 3.8) is 0 Å². The van der Waals surface area contributed by atoms with E-state index in [0.29, 0.717) is 9.81 Å². The standard InChI is InChI=1S/C9H7NS2/c10-6-8(11)9(12)7-4-2-1-3-5-7/h1-5,11-12H/b9-8+. The van der Waals surface area contributed by atoms with Gasteiger partial charge in [0.15, 0.2) is 0 Å². The number of hydrogen-bond acceptors (Lipinski definition) is 3. The van der Waals surface area contributed by atoms with E-state index in [9.17, 15) is 0 Å². The number of nitriles is 1. The topological polar surface area (TPSA) is 23.8 Å². The summed E-state index contributed by atoms with van der Waals surface area (Å²) >= 11 is 8.15. The number of nitrogens with zero attached hydrogens (tertiary/aromatic N) is 1. The van der Waals surface area contributed by atoms with Crippen LogP contribution < -0.4 is 0 Å². The minimum atomic E-state index is 0.338. The molecule has 0 spiro atoms. The van der Waals surface area contributed by atoms with Crippen molar-refractivity contribution in [1.29, 1.82) is 5.26 Å². The molecule has 1 aromatic carbocycles. The molecule has 1 nitrogen and oxygen atoms in total. The second-order valence-corrected chi connectivity index (χ2v) is 3.07. The highest BCUT2D eigenvalue weighted by atomic mass is 32.1. The van der Waals surface area contributed by atoms with E-state index in [1.807, 2.05) is 36.4 Å². The van der Waals surface area contributed by atoms with Crippen LogP contribution in [0, 0.1) is 11.3 Å². The Labute approximate surface area is 82.5 Å². The summed E-state index contributed by atoms with van der Waals surface area (Å²) < 4.78 is 0. The third-order valence-corrected chi connectivity index (χ3v) is 2.36. The van der Waals surface area contributed by atoms with E-state index in [1.54, 1.807) is 0 Å². The molecular weight excluding hydrogens is 186 g/mol. The molecule has 0 atom stereocenters. The summed E-state index contributed by atoms with van der Waals surface area (Å²) in [5.74, 6) is 0. The number of benzene rings is 1. The molecule has 0 bridgehead atoms. The summed E-state index contributed by atoms with van der Waals surface area (Å²) in [5, 5.41) is 8.53. The number of rotatable bonds is 1. The highest BCUT2D eigenvalue weighted by Gasteiger charge is 1.99. The molecule has 0 radical (unpaired) electrons. The maximum Gasteiger partial charge on any atom is 0.107 e. The van der Waals surface area contributed by atoms with Crippen LogP contribution in [0.5, 0.6) is 0 Å². The van der Waals surface area contributed by atoms with Gasteiger partial charge in [0.1, 0.15) is 6.07 Å². The van der Waals surface area contributed by atoms with Crippen LogP contribution in [0.25, 0.3) is 4.91 Å². The van der Waals surface area contributed by atoms with Gasteiger partial charge in [0.2, 0.25) is 0 Å². The molecule has 0 aliphatic carbocycles. The van der Waals surface area contributed by atoms with Gasteiger partial charge in [0, 0.05) is 4.91 Å². The summed E-state index contributed by atoms with van der Waals surface area (Å²) in [6.07, 6.45) is 0. The Balaban J connectivity index is 3.11. The van der Waals surface area contributed by atoms with Gasteiger partial charge in [0.25, 0.3) is 0 Å². The lowest BCUT2D eigenvalue weighted by Crippen LogP contribution is -1.77. The van der Waals surface area contributed by atoms with Gasteiger partial charge < -0.3 is 0 Å². The average Bonchev–Trinajstić information content (AvgIpc) is 2.17. The lowest BCUT2D eigenvalue weighted by Gasteiger charge is -1.98. The molecule has 0 heterocycles. The average molecular weight is 193 g/mol. The van der Waals surface area contributed by atoms with E-state index < -0.39 is 0 Å². The van der Waals surface area contributed by atoms with Gasteiger partial charge in [0.05, 0.1) is 4.91 Å². The van der Waals surface area contributed by atoms with E-state index in [-0.39, 0.29) is 0 Å². The molecule has 1 rings (SSSR count). The molecule has 60 valence electrons. The fourth-order valence-corrected chi connectivity index (χ4v) is 1.11. The predicted molar refractivity (Wildman–Crippen MR) is 56.9 cm³/mol. The molecule has 3 heteroatoms. The van der Waals surface area contributed by atoms with Crippen molar-refractivity contribution in [2.75, 3.05) is 0 Å². The molecule has 1 aromatic rings. The first kappa shape index (κ1) is 9.24. The normalized spacial score (nSPS) is 11.8. The fraction of sp³-hybridized carbons (Fsp3) is 0. The van der Waals surface area contributed by atoms with Crippen molar-refractivity contribution in [3.05, 3.63) is 40.8 Å². The first-order chi connectivity index (χ1) is 5.75. The second kappa shape index (κ2) is 4.24. The Morgan fingerprint density at radius 2 is 1.75 bits per heavy atom. The molecule has 0 unspecified atom stereocenters. The fourth-order valence-electron chi connectivity index (χ4n) is 0.786. The van der Waals surface area contributed by atoms with Crippen molar-refractivity contribution < 1.29 is 0 Å². The highest BCUT2D eigenvalue weighted by Crippen LogP contribution is 2.23. The minimum Gasteiger partial charge on any atom is -0.192 e. The third kappa shape index (κ3) is 2.07. The van der Waals surface area contributed by atoms with Crippen molar-refractivity contribution in [3.8, 4) is 6.07 Å². The monoisotopic (exact) mass is 193 g/mol. The third-order valence-electron chi connectivity index (χ3n) is 1.38. The Morgan fingerprint density at radius 1 is 1.17 bits per heavy atom. The van der Waals surface area contributed by atoms with E-state index in [2.05, 4.69) is 25.3 Å². The van der Waals surface area contributed by atoms with Crippen LogP contribution in [-0.4, -0.2) is 0 Å². The smallest absolute Gasteiger partial charge is 0.107 e.